The van der Waals surface area contributed by atoms with Gasteiger partial charge in [0.05, 0.1) is 18.7 Å². The summed E-state index contributed by atoms with van der Waals surface area (Å²) in [4.78, 5) is 40.3. The quantitative estimate of drug-likeness (QED) is 0.190. The number of nitrogens with two attached hydrogens (primary N) is 1. The van der Waals surface area contributed by atoms with Gasteiger partial charge in [0.1, 0.15) is 23.8 Å². The normalized spacial score (nSPS) is 15.8. The molecule has 1 aromatic rings. The molecule has 2 amide bonds. The van der Waals surface area contributed by atoms with E-state index in [1.807, 2.05) is 6.92 Å². The number of aliphatic carboxylic acids is 1. The maximum atomic E-state index is 14.3. The number of hydrogen-bond acceptors (Lipinski definition) is 7. The molecule has 1 aliphatic heterocycles. The van der Waals surface area contributed by atoms with E-state index in [1.54, 1.807) is 0 Å². The van der Waals surface area contributed by atoms with Crippen molar-refractivity contribution in [2.24, 2.45) is 10.9 Å². The Hall–Kier alpha value is -3.70. The number of carbonyl (C=O) groups is 3. The van der Waals surface area contributed by atoms with Gasteiger partial charge >= 0.3 is 12.1 Å². The molecule has 6 N–H and O–H groups in total. The molecule has 1 aromatic carbocycles. The van der Waals surface area contributed by atoms with Gasteiger partial charge in [0.25, 0.3) is 0 Å². The Kier molecular flexibility index (Phi) is 8.93. The Morgan fingerprint density at radius 3 is 2.81 bits per heavy atom. The molecule has 0 spiro atoms. The van der Waals surface area contributed by atoms with Crippen molar-refractivity contribution in [2.45, 2.75) is 44.8 Å². The Bertz CT molecular complexity index is 906. The number of amidine groups is 1. The van der Waals surface area contributed by atoms with E-state index in [0.717, 1.165) is 12.5 Å². The van der Waals surface area contributed by atoms with Gasteiger partial charge in [-0.15, -0.1) is 0 Å². The number of rotatable bonds is 11. The number of ether oxygens (including phenoxy) is 1. The van der Waals surface area contributed by atoms with Crippen molar-refractivity contribution < 1.29 is 33.5 Å². The largest absolute Gasteiger partial charge is 0.480 e. The predicted octanol–water partition coefficient (Wildman–Crippen LogP) is 1.09. The van der Waals surface area contributed by atoms with E-state index in [0.29, 0.717) is 12.1 Å². The number of amides is 2. The van der Waals surface area contributed by atoms with Gasteiger partial charge in [-0.3, -0.25) is 10.2 Å². The molecule has 2 atom stereocenters. The molecule has 11 nitrogen and oxygen atoms in total. The molecule has 1 unspecified atom stereocenters. The van der Waals surface area contributed by atoms with Crippen LogP contribution in [0.25, 0.3) is 0 Å². The first kappa shape index (κ1) is 24.6. The number of nitrogen functional groups attached to an aromatic ring is 1. The molecule has 0 saturated carbocycles. The van der Waals surface area contributed by atoms with Crippen molar-refractivity contribution in [1.82, 2.24) is 10.6 Å². The van der Waals surface area contributed by atoms with Gasteiger partial charge in [-0.25, -0.2) is 14.0 Å². The SMILES string of the molecule is CCCCOC(=O)N[C@@H](CNC(=O)CC1CC(c2ccc(C(=N)N)cc2F)=NO1)C(=O)O. The van der Waals surface area contributed by atoms with Crippen LogP contribution in [0.1, 0.15) is 43.7 Å². The lowest BCUT2D eigenvalue weighted by Gasteiger charge is -2.16. The van der Waals surface area contributed by atoms with E-state index in [4.69, 9.17) is 20.7 Å². The van der Waals surface area contributed by atoms with E-state index < -0.39 is 35.9 Å². The van der Waals surface area contributed by atoms with Gasteiger partial charge in [0, 0.05) is 24.1 Å². The van der Waals surface area contributed by atoms with Crippen LogP contribution >= 0.6 is 0 Å². The number of nitrogens with one attached hydrogen (secondary N) is 3. The zero-order chi connectivity index (χ0) is 23.7. The number of carboxylic acid groups (broad SMARTS) is 1. The zero-order valence-electron chi connectivity index (χ0n) is 17.5. The fourth-order valence-electron chi connectivity index (χ4n) is 2.80. The molecule has 32 heavy (non-hydrogen) atoms. The van der Waals surface area contributed by atoms with Crippen molar-refractivity contribution in [2.75, 3.05) is 13.2 Å². The van der Waals surface area contributed by atoms with Gasteiger partial charge in [-0.1, -0.05) is 24.6 Å². The molecule has 0 aromatic heterocycles. The number of carboxylic acids is 1. The fourth-order valence-corrected chi connectivity index (χ4v) is 2.80. The molecule has 0 fully saturated rings. The minimum absolute atomic E-state index is 0.145. The monoisotopic (exact) mass is 451 g/mol. The minimum atomic E-state index is -1.36. The van der Waals surface area contributed by atoms with Crippen LogP contribution < -0.4 is 16.4 Å². The van der Waals surface area contributed by atoms with Gasteiger partial charge < -0.3 is 31.0 Å². The van der Waals surface area contributed by atoms with Crippen molar-refractivity contribution in [3.63, 3.8) is 0 Å². The number of hydrogen-bond donors (Lipinski definition) is 5. The highest BCUT2D eigenvalue weighted by molar-refractivity contribution is 6.03. The lowest BCUT2D eigenvalue weighted by Crippen LogP contribution is -2.48. The summed E-state index contributed by atoms with van der Waals surface area (Å²) in [6.45, 7) is 1.73. The van der Waals surface area contributed by atoms with E-state index in [-0.39, 0.29) is 43.0 Å². The molecular formula is C20H26FN5O6. The lowest BCUT2D eigenvalue weighted by atomic mass is 10.0. The fraction of sp³-hybridized carbons (Fsp3) is 0.450. The Balaban J connectivity index is 1.82. The standard InChI is InChI=1S/C20H26FN5O6/c1-2-3-6-31-20(30)25-16(19(28)29)10-24-17(27)9-12-8-15(26-32-12)13-5-4-11(18(22)23)7-14(13)21/h4-5,7,12,16H,2-3,6,8-10H2,1H3,(H3,22,23)(H,24,27)(H,25,30)(H,28,29)/t12?,16-/m0/s1. The van der Waals surface area contributed by atoms with Crippen molar-refractivity contribution in [3.8, 4) is 0 Å². The summed E-state index contributed by atoms with van der Waals surface area (Å²) in [6.07, 6.45) is -0.0571. The van der Waals surface area contributed by atoms with E-state index in [1.165, 1.54) is 12.1 Å². The van der Waals surface area contributed by atoms with Crippen LogP contribution in [0.15, 0.2) is 23.4 Å². The van der Waals surface area contributed by atoms with E-state index >= 15 is 0 Å². The number of unbranched alkanes of at least 4 members (excludes halogenated alkanes) is 1. The maximum absolute atomic E-state index is 14.3. The average Bonchev–Trinajstić information content (AvgIpc) is 3.18. The molecule has 0 bridgehead atoms. The number of alkyl carbamates (subject to hydrolysis) is 1. The Morgan fingerprint density at radius 1 is 1.44 bits per heavy atom. The summed E-state index contributed by atoms with van der Waals surface area (Å²) in [6, 6.07) is 2.67. The van der Waals surface area contributed by atoms with Crippen LogP contribution in [0.2, 0.25) is 0 Å². The second-order valence-electron chi connectivity index (χ2n) is 7.11. The van der Waals surface area contributed by atoms with Gasteiger partial charge in [-0.05, 0) is 18.6 Å². The van der Waals surface area contributed by atoms with E-state index in [2.05, 4.69) is 15.8 Å². The summed E-state index contributed by atoms with van der Waals surface area (Å²) in [5.74, 6) is -2.74. The van der Waals surface area contributed by atoms with Crippen LogP contribution in [0, 0.1) is 11.2 Å². The molecule has 0 saturated heterocycles. The predicted molar refractivity (Wildman–Crippen MR) is 112 cm³/mol. The molecule has 2 rings (SSSR count). The van der Waals surface area contributed by atoms with Crippen LogP contribution in [0.3, 0.4) is 0 Å². The topological polar surface area (TPSA) is 176 Å². The van der Waals surface area contributed by atoms with Gasteiger partial charge in [0.15, 0.2) is 0 Å². The summed E-state index contributed by atoms with van der Waals surface area (Å²) >= 11 is 0. The molecule has 0 aliphatic carbocycles. The maximum Gasteiger partial charge on any atom is 0.407 e. The summed E-state index contributed by atoms with van der Waals surface area (Å²) in [5.41, 5.74) is 6.05. The highest BCUT2D eigenvalue weighted by atomic mass is 19.1. The molecule has 1 aliphatic rings. The van der Waals surface area contributed by atoms with Crippen LogP contribution in [0.5, 0.6) is 0 Å². The van der Waals surface area contributed by atoms with Gasteiger partial charge in [-0.2, -0.15) is 0 Å². The van der Waals surface area contributed by atoms with Gasteiger partial charge in [0.2, 0.25) is 5.91 Å². The van der Waals surface area contributed by atoms with Crippen LogP contribution in [-0.4, -0.2) is 59.9 Å². The number of benzene rings is 1. The molecule has 174 valence electrons. The number of nitrogens with zero attached hydrogens (tertiary/aromatic N) is 1. The first-order valence-corrected chi connectivity index (χ1v) is 10.0. The van der Waals surface area contributed by atoms with Crippen LogP contribution in [-0.2, 0) is 19.2 Å². The third-order valence-electron chi connectivity index (χ3n) is 4.56. The third-order valence-corrected chi connectivity index (χ3v) is 4.56. The number of carbonyl (C=O) groups excluding carboxylic acids is 2. The third kappa shape index (κ3) is 7.22. The van der Waals surface area contributed by atoms with E-state index in [9.17, 15) is 23.9 Å². The minimum Gasteiger partial charge on any atom is -0.480 e. The zero-order valence-corrected chi connectivity index (χ0v) is 17.5. The second kappa shape index (κ2) is 11.6. The second-order valence-corrected chi connectivity index (χ2v) is 7.11. The number of halogens is 1. The Labute approximate surface area is 183 Å². The Morgan fingerprint density at radius 2 is 2.19 bits per heavy atom. The summed E-state index contributed by atoms with van der Waals surface area (Å²) in [7, 11) is 0. The molecule has 1 heterocycles. The molecular weight excluding hydrogens is 425 g/mol. The molecule has 12 heteroatoms. The smallest absolute Gasteiger partial charge is 0.407 e. The van der Waals surface area contributed by atoms with Crippen molar-refractivity contribution in [1.29, 1.82) is 5.41 Å². The molecule has 0 radical (unpaired) electrons. The summed E-state index contributed by atoms with van der Waals surface area (Å²) < 4.78 is 19.1. The highest BCUT2D eigenvalue weighted by Gasteiger charge is 2.27. The van der Waals surface area contributed by atoms with Crippen molar-refractivity contribution >= 4 is 29.5 Å². The highest BCUT2D eigenvalue weighted by Crippen LogP contribution is 2.21. The average molecular weight is 451 g/mol. The summed E-state index contributed by atoms with van der Waals surface area (Å²) in [5, 5.41) is 25.0. The lowest BCUT2D eigenvalue weighted by molar-refractivity contribution is -0.139. The van der Waals surface area contributed by atoms with Crippen molar-refractivity contribution in [3.05, 3.63) is 35.1 Å². The first-order valence-electron chi connectivity index (χ1n) is 10.0. The first-order chi connectivity index (χ1) is 15.2. The number of oxime groups is 1. The van der Waals surface area contributed by atoms with Crippen LogP contribution in [0.4, 0.5) is 9.18 Å².